The Hall–Kier alpha value is 0.360. The first kappa shape index (κ1) is 14.4. The first-order chi connectivity index (χ1) is 7.81. The molecule has 0 spiro atoms. The average molecular weight is 262 g/mol. The lowest BCUT2D eigenvalue weighted by atomic mass is 9.88. The maximum absolute atomic E-state index is 9.29. The molecule has 1 heterocycles. The smallest absolute Gasteiger partial charge is 0.0505 e. The number of thioether (sulfide) groups is 2. The van der Waals surface area contributed by atoms with Crippen LogP contribution in [-0.2, 0) is 0 Å². The van der Waals surface area contributed by atoms with Crippen molar-refractivity contribution in [2.24, 2.45) is 11.8 Å². The largest absolute Gasteiger partial charge is 0.396 e. The molecule has 94 valence electrons. The lowest BCUT2D eigenvalue weighted by Crippen LogP contribution is -2.22. The van der Waals surface area contributed by atoms with Crippen LogP contribution in [0.25, 0.3) is 0 Å². The number of aliphatic hydroxyl groups is 2. The molecule has 1 aliphatic heterocycles. The fourth-order valence-corrected chi connectivity index (χ4v) is 5.07. The van der Waals surface area contributed by atoms with Crippen LogP contribution in [0.2, 0.25) is 0 Å². The lowest BCUT2D eigenvalue weighted by Gasteiger charge is -2.28. The van der Waals surface area contributed by atoms with Gasteiger partial charge in [-0.25, -0.2) is 0 Å². The van der Waals surface area contributed by atoms with Crippen molar-refractivity contribution in [3.8, 4) is 0 Å². The van der Waals surface area contributed by atoms with E-state index in [1.165, 1.54) is 17.9 Å². The van der Waals surface area contributed by atoms with E-state index in [0.717, 1.165) is 12.8 Å². The molecular formula is C12H22O2S2. The summed E-state index contributed by atoms with van der Waals surface area (Å²) in [6.45, 7) is 4.13. The summed E-state index contributed by atoms with van der Waals surface area (Å²) in [6.07, 6.45) is 4.99. The molecule has 2 nitrogen and oxygen atoms in total. The van der Waals surface area contributed by atoms with Crippen LogP contribution in [0.15, 0.2) is 12.7 Å². The number of hydrogen-bond acceptors (Lipinski definition) is 4. The highest BCUT2D eigenvalue weighted by atomic mass is 32.2. The van der Waals surface area contributed by atoms with Crippen LogP contribution in [0.5, 0.6) is 0 Å². The van der Waals surface area contributed by atoms with Crippen LogP contribution in [0.4, 0.5) is 0 Å². The van der Waals surface area contributed by atoms with Gasteiger partial charge in [-0.1, -0.05) is 6.08 Å². The van der Waals surface area contributed by atoms with Crippen LogP contribution >= 0.6 is 23.5 Å². The summed E-state index contributed by atoms with van der Waals surface area (Å²) in [7, 11) is 0. The second kappa shape index (κ2) is 8.45. The molecule has 0 aromatic rings. The zero-order valence-corrected chi connectivity index (χ0v) is 11.3. The number of hydrogen-bond donors (Lipinski definition) is 2. The molecule has 2 N–H and O–H groups in total. The topological polar surface area (TPSA) is 40.5 Å². The fourth-order valence-electron chi connectivity index (χ4n) is 2.01. The van der Waals surface area contributed by atoms with E-state index in [0.29, 0.717) is 10.5 Å². The Labute approximate surface area is 107 Å². The maximum Gasteiger partial charge on any atom is 0.0505 e. The van der Waals surface area contributed by atoms with E-state index in [2.05, 4.69) is 6.58 Å². The summed E-state index contributed by atoms with van der Waals surface area (Å²) in [4.78, 5) is 0. The first-order valence-corrected chi connectivity index (χ1v) is 7.99. The number of aliphatic hydroxyl groups excluding tert-OH is 2. The molecule has 0 unspecified atom stereocenters. The van der Waals surface area contributed by atoms with Gasteiger partial charge < -0.3 is 10.2 Å². The molecule has 1 rings (SSSR count). The molecule has 0 radical (unpaired) electrons. The van der Waals surface area contributed by atoms with E-state index in [9.17, 15) is 5.11 Å². The van der Waals surface area contributed by atoms with Crippen molar-refractivity contribution in [3.63, 3.8) is 0 Å². The summed E-state index contributed by atoms with van der Waals surface area (Å²) < 4.78 is 0.638. The van der Waals surface area contributed by atoms with Gasteiger partial charge in [0, 0.05) is 19.1 Å². The monoisotopic (exact) mass is 262 g/mol. The second-order valence-electron chi connectivity index (χ2n) is 4.11. The van der Waals surface area contributed by atoms with Gasteiger partial charge in [-0.2, -0.15) is 0 Å². The van der Waals surface area contributed by atoms with E-state index in [-0.39, 0.29) is 19.1 Å². The lowest BCUT2D eigenvalue weighted by molar-refractivity contribution is 0.173. The Morgan fingerprint density at radius 1 is 1.31 bits per heavy atom. The Kier molecular flexibility index (Phi) is 7.62. The van der Waals surface area contributed by atoms with Gasteiger partial charge in [0.25, 0.3) is 0 Å². The third-order valence-electron chi connectivity index (χ3n) is 3.01. The van der Waals surface area contributed by atoms with Gasteiger partial charge in [-0.15, -0.1) is 30.1 Å². The molecule has 1 fully saturated rings. The SMILES string of the molecule is C=C[C@@H](CO)[C@H](CCO)CC1SCCCS1. The minimum absolute atomic E-state index is 0.135. The highest BCUT2D eigenvalue weighted by Crippen LogP contribution is 2.37. The molecule has 0 aromatic carbocycles. The minimum atomic E-state index is 0.135. The molecule has 16 heavy (non-hydrogen) atoms. The normalized spacial score (nSPS) is 21.6. The summed E-state index contributed by atoms with van der Waals surface area (Å²) in [6, 6.07) is 0. The predicted octanol–water partition coefficient (Wildman–Crippen LogP) is 2.37. The summed E-state index contributed by atoms with van der Waals surface area (Å²) in [5.74, 6) is 3.01. The van der Waals surface area contributed by atoms with Gasteiger partial charge in [0.1, 0.15) is 0 Å². The van der Waals surface area contributed by atoms with Crippen LogP contribution in [0.3, 0.4) is 0 Å². The molecular weight excluding hydrogens is 240 g/mol. The van der Waals surface area contributed by atoms with Gasteiger partial charge >= 0.3 is 0 Å². The molecule has 0 aliphatic carbocycles. The quantitative estimate of drug-likeness (QED) is 0.691. The minimum Gasteiger partial charge on any atom is -0.396 e. The summed E-state index contributed by atoms with van der Waals surface area (Å²) >= 11 is 4.04. The predicted molar refractivity (Wildman–Crippen MR) is 73.9 cm³/mol. The third-order valence-corrected chi connectivity index (χ3v) is 6.00. The molecule has 1 saturated heterocycles. The van der Waals surface area contributed by atoms with E-state index in [4.69, 9.17) is 5.11 Å². The molecule has 0 amide bonds. The van der Waals surface area contributed by atoms with E-state index in [1.807, 2.05) is 29.6 Å². The highest BCUT2D eigenvalue weighted by Gasteiger charge is 2.24. The number of rotatable bonds is 7. The van der Waals surface area contributed by atoms with Crippen LogP contribution in [0.1, 0.15) is 19.3 Å². The molecule has 0 aromatic heterocycles. The van der Waals surface area contributed by atoms with E-state index in [1.54, 1.807) is 0 Å². The summed E-state index contributed by atoms with van der Waals surface area (Å²) in [5.41, 5.74) is 0. The van der Waals surface area contributed by atoms with Crippen molar-refractivity contribution in [2.45, 2.75) is 23.8 Å². The molecule has 2 atom stereocenters. The zero-order chi connectivity index (χ0) is 11.8. The van der Waals surface area contributed by atoms with Gasteiger partial charge in [-0.05, 0) is 36.7 Å². The van der Waals surface area contributed by atoms with Crippen LogP contribution < -0.4 is 0 Å². The van der Waals surface area contributed by atoms with Crippen molar-refractivity contribution < 1.29 is 10.2 Å². The summed E-state index contributed by atoms with van der Waals surface area (Å²) in [5, 5.41) is 18.4. The van der Waals surface area contributed by atoms with E-state index >= 15 is 0 Å². The van der Waals surface area contributed by atoms with Gasteiger partial charge in [0.15, 0.2) is 0 Å². The van der Waals surface area contributed by atoms with Crippen molar-refractivity contribution in [2.75, 3.05) is 24.7 Å². The van der Waals surface area contributed by atoms with Gasteiger partial charge in [0.05, 0.1) is 4.58 Å². The van der Waals surface area contributed by atoms with Crippen molar-refractivity contribution in [1.82, 2.24) is 0 Å². The Balaban J connectivity index is 2.44. The fraction of sp³-hybridized carbons (Fsp3) is 0.833. The highest BCUT2D eigenvalue weighted by molar-refractivity contribution is 8.17. The Morgan fingerprint density at radius 3 is 2.50 bits per heavy atom. The van der Waals surface area contributed by atoms with Crippen molar-refractivity contribution in [1.29, 1.82) is 0 Å². The van der Waals surface area contributed by atoms with Crippen LogP contribution in [0, 0.1) is 11.8 Å². The van der Waals surface area contributed by atoms with Crippen molar-refractivity contribution in [3.05, 3.63) is 12.7 Å². The van der Waals surface area contributed by atoms with Gasteiger partial charge in [-0.3, -0.25) is 0 Å². The first-order valence-electron chi connectivity index (χ1n) is 5.89. The zero-order valence-electron chi connectivity index (χ0n) is 9.68. The average Bonchev–Trinajstić information content (AvgIpc) is 2.32. The Bertz CT molecular complexity index is 193. The van der Waals surface area contributed by atoms with Crippen LogP contribution in [-0.4, -0.2) is 39.5 Å². The van der Waals surface area contributed by atoms with E-state index < -0.39 is 0 Å². The van der Waals surface area contributed by atoms with Gasteiger partial charge in [0.2, 0.25) is 0 Å². The second-order valence-corrected chi connectivity index (χ2v) is 7.03. The standard InChI is InChI=1S/C12H22O2S2/c1-2-10(9-14)11(4-5-13)8-12-15-6-3-7-16-12/h2,10-14H,1,3-9H2/t10-,11+/m0/s1. The third kappa shape index (κ3) is 4.70. The molecule has 4 heteroatoms. The molecule has 0 bridgehead atoms. The maximum atomic E-state index is 9.29. The Morgan fingerprint density at radius 2 is 2.00 bits per heavy atom. The van der Waals surface area contributed by atoms with Crippen molar-refractivity contribution >= 4 is 23.5 Å². The molecule has 1 aliphatic rings. The molecule has 0 saturated carbocycles.